The summed E-state index contributed by atoms with van der Waals surface area (Å²) in [6.45, 7) is 4.99. The van der Waals surface area contributed by atoms with Gasteiger partial charge >= 0.3 is 0 Å². The number of nitrogens with two attached hydrogens (primary N) is 1. The summed E-state index contributed by atoms with van der Waals surface area (Å²) in [5, 5.41) is 2.61. The van der Waals surface area contributed by atoms with Crippen molar-refractivity contribution in [3.63, 3.8) is 0 Å². The number of hydrogen-bond donors (Lipinski definition) is 2. The smallest absolute Gasteiger partial charge is 0.239 e. The van der Waals surface area contributed by atoms with Crippen LogP contribution in [0.4, 0.5) is 5.69 Å². The zero-order valence-corrected chi connectivity index (χ0v) is 11.8. The van der Waals surface area contributed by atoms with Crippen molar-refractivity contribution in [2.75, 3.05) is 25.0 Å². The van der Waals surface area contributed by atoms with Crippen molar-refractivity contribution in [2.45, 2.75) is 13.8 Å². The fourth-order valence-corrected chi connectivity index (χ4v) is 1.91. The van der Waals surface area contributed by atoms with E-state index in [0.717, 1.165) is 16.8 Å². The van der Waals surface area contributed by atoms with Crippen LogP contribution in [0.15, 0.2) is 18.2 Å². The van der Waals surface area contributed by atoms with Gasteiger partial charge in [-0.15, -0.1) is 0 Å². The minimum atomic E-state index is -0.0358. The van der Waals surface area contributed by atoms with Crippen LogP contribution in [0.3, 0.4) is 0 Å². The minimum absolute atomic E-state index is 0.0358. The highest BCUT2D eigenvalue weighted by molar-refractivity contribution is 7.80. The largest absolute Gasteiger partial charge is 0.389 e. The molecule has 0 atom stereocenters. The van der Waals surface area contributed by atoms with Crippen LogP contribution < -0.4 is 16.0 Å². The Morgan fingerprint density at radius 3 is 2.67 bits per heavy atom. The van der Waals surface area contributed by atoms with E-state index in [0.29, 0.717) is 18.1 Å². The van der Waals surface area contributed by atoms with E-state index in [1.165, 1.54) is 0 Å². The number of amides is 1. The molecule has 0 bridgehead atoms. The summed E-state index contributed by atoms with van der Waals surface area (Å²) < 4.78 is 0. The number of hydrogen-bond acceptors (Lipinski definition) is 3. The predicted molar refractivity (Wildman–Crippen MR) is 79.0 cm³/mol. The molecule has 1 amide bonds. The van der Waals surface area contributed by atoms with Crippen LogP contribution in [0.5, 0.6) is 0 Å². The fourth-order valence-electron chi connectivity index (χ4n) is 1.74. The summed E-state index contributed by atoms with van der Waals surface area (Å²) in [7, 11) is 1.62. The van der Waals surface area contributed by atoms with E-state index in [-0.39, 0.29) is 5.91 Å². The van der Waals surface area contributed by atoms with Crippen molar-refractivity contribution in [1.82, 2.24) is 5.32 Å². The molecule has 0 spiro atoms. The molecule has 0 heterocycles. The Morgan fingerprint density at radius 2 is 2.17 bits per heavy atom. The third kappa shape index (κ3) is 3.43. The summed E-state index contributed by atoms with van der Waals surface area (Å²) in [6, 6.07) is 5.89. The lowest BCUT2D eigenvalue weighted by atomic mass is 10.1. The van der Waals surface area contributed by atoms with Gasteiger partial charge in [0.2, 0.25) is 5.91 Å². The Bertz CT molecular complexity index is 460. The lowest BCUT2D eigenvalue weighted by molar-refractivity contribution is -0.119. The van der Waals surface area contributed by atoms with Gasteiger partial charge in [-0.05, 0) is 26.0 Å². The van der Waals surface area contributed by atoms with Gasteiger partial charge in [-0.25, -0.2) is 0 Å². The number of anilines is 1. The first kappa shape index (κ1) is 14.4. The van der Waals surface area contributed by atoms with E-state index in [4.69, 9.17) is 18.0 Å². The van der Waals surface area contributed by atoms with Gasteiger partial charge in [-0.2, -0.15) is 0 Å². The highest BCUT2D eigenvalue weighted by Gasteiger charge is 2.14. The van der Waals surface area contributed by atoms with Crippen LogP contribution >= 0.6 is 12.2 Å². The fraction of sp³-hybridized carbons (Fsp3) is 0.385. The molecule has 0 aromatic heterocycles. The molecule has 1 aromatic carbocycles. The second kappa shape index (κ2) is 6.35. The minimum Gasteiger partial charge on any atom is -0.389 e. The normalized spacial score (nSPS) is 9.94. The molecule has 1 aromatic rings. The molecular weight excluding hydrogens is 246 g/mol. The number of nitrogens with one attached hydrogen (secondary N) is 1. The highest BCUT2D eigenvalue weighted by Crippen LogP contribution is 2.21. The number of thiocarbonyl (C=S) groups is 1. The molecule has 0 saturated heterocycles. The Balaban J connectivity index is 3.12. The van der Waals surface area contributed by atoms with Gasteiger partial charge in [-0.3, -0.25) is 4.79 Å². The zero-order chi connectivity index (χ0) is 13.7. The zero-order valence-electron chi connectivity index (χ0n) is 11.0. The summed E-state index contributed by atoms with van der Waals surface area (Å²) in [5.74, 6) is -0.0358. The van der Waals surface area contributed by atoms with Gasteiger partial charge in [0.25, 0.3) is 0 Å². The van der Waals surface area contributed by atoms with Gasteiger partial charge in [0.05, 0.1) is 6.54 Å². The van der Waals surface area contributed by atoms with E-state index in [9.17, 15) is 4.79 Å². The van der Waals surface area contributed by atoms with Crippen molar-refractivity contribution >= 4 is 28.8 Å². The average Bonchev–Trinajstić information content (AvgIpc) is 2.35. The molecule has 0 radical (unpaired) electrons. The Kier molecular flexibility index (Phi) is 5.09. The van der Waals surface area contributed by atoms with Gasteiger partial charge < -0.3 is 16.0 Å². The monoisotopic (exact) mass is 265 g/mol. The van der Waals surface area contributed by atoms with Crippen LogP contribution in [0.25, 0.3) is 0 Å². The maximum atomic E-state index is 11.5. The van der Waals surface area contributed by atoms with E-state index in [1.54, 1.807) is 7.05 Å². The first-order valence-electron chi connectivity index (χ1n) is 5.85. The number of nitrogens with zero attached hydrogens (tertiary/aromatic N) is 1. The topological polar surface area (TPSA) is 58.4 Å². The van der Waals surface area contributed by atoms with E-state index in [1.807, 2.05) is 36.9 Å². The van der Waals surface area contributed by atoms with Crippen LogP contribution in [-0.2, 0) is 4.79 Å². The summed E-state index contributed by atoms with van der Waals surface area (Å²) in [4.78, 5) is 13.8. The SMILES string of the molecule is CCN(CC(=O)NC)c1ccc(C)cc1C(N)=S. The Morgan fingerprint density at radius 1 is 1.50 bits per heavy atom. The molecule has 98 valence electrons. The van der Waals surface area contributed by atoms with E-state index < -0.39 is 0 Å². The number of rotatable bonds is 5. The standard InChI is InChI=1S/C13H19N3OS/c1-4-16(8-12(17)15-3)11-6-5-9(2)7-10(11)13(14)18/h5-7H,4,8H2,1-3H3,(H2,14,18)(H,15,17). The number of aryl methyl sites for hydroxylation is 1. The molecule has 0 aliphatic heterocycles. The number of carbonyl (C=O) groups is 1. The quantitative estimate of drug-likeness (QED) is 0.786. The number of benzene rings is 1. The molecule has 4 nitrogen and oxygen atoms in total. The third-order valence-electron chi connectivity index (χ3n) is 2.75. The van der Waals surface area contributed by atoms with E-state index in [2.05, 4.69) is 5.32 Å². The molecule has 0 aliphatic carbocycles. The second-order valence-electron chi connectivity index (χ2n) is 4.07. The van der Waals surface area contributed by atoms with Crippen LogP contribution in [-0.4, -0.2) is 31.0 Å². The van der Waals surface area contributed by atoms with Crippen LogP contribution in [0.1, 0.15) is 18.1 Å². The predicted octanol–water partition coefficient (Wildman–Crippen LogP) is 1.20. The Labute approximate surface area is 113 Å². The molecule has 1 rings (SSSR count). The van der Waals surface area contributed by atoms with Crippen molar-refractivity contribution in [1.29, 1.82) is 0 Å². The second-order valence-corrected chi connectivity index (χ2v) is 4.51. The summed E-state index contributed by atoms with van der Waals surface area (Å²) >= 11 is 5.07. The van der Waals surface area contributed by atoms with Crippen molar-refractivity contribution in [2.24, 2.45) is 5.73 Å². The molecule has 5 heteroatoms. The van der Waals surface area contributed by atoms with Crippen molar-refractivity contribution < 1.29 is 4.79 Å². The van der Waals surface area contributed by atoms with Crippen molar-refractivity contribution in [3.8, 4) is 0 Å². The molecule has 0 fully saturated rings. The molecule has 0 unspecified atom stereocenters. The van der Waals surface area contributed by atoms with Crippen molar-refractivity contribution in [3.05, 3.63) is 29.3 Å². The number of likely N-dealkylation sites (N-methyl/N-ethyl adjacent to an activating group) is 2. The van der Waals surface area contributed by atoms with Gasteiger partial charge in [0.15, 0.2) is 0 Å². The lowest BCUT2D eigenvalue weighted by Gasteiger charge is -2.25. The third-order valence-corrected chi connectivity index (χ3v) is 2.97. The van der Waals surface area contributed by atoms with Gasteiger partial charge in [0, 0.05) is 24.8 Å². The van der Waals surface area contributed by atoms with Crippen LogP contribution in [0.2, 0.25) is 0 Å². The number of carbonyl (C=O) groups excluding carboxylic acids is 1. The maximum absolute atomic E-state index is 11.5. The summed E-state index contributed by atoms with van der Waals surface area (Å²) in [5.41, 5.74) is 8.56. The average molecular weight is 265 g/mol. The van der Waals surface area contributed by atoms with Gasteiger partial charge in [0.1, 0.15) is 4.99 Å². The molecule has 0 saturated carbocycles. The van der Waals surface area contributed by atoms with E-state index >= 15 is 0 Å². The summed E-state index contributed by atoms with van der Waals surface area (Å²) in [6.07, 6.45) is 0. The molecule has 18 heavy (non-hydrogen) atoms. The molecule has 3 N–H and O–H groups in total. The van der Waals surface area contributed by atoms with Gasteiger partial charge in [-0.1, -0.05) is 23.8 Å². The molecule has 0 aliphatic rings. The first-order valence-corrected chi connectivity index (χ1v) is 6.26. The first-order chi connectivity index (χ1) is 8.49. The Hall–Kier alpha value is -1.62. The van der Waals surface area contributed by atoms with Crippen LogP contribution in [0, 0.1) is 6.92 Å². The lowest BCUT2D eigenvalue weighted by Crippen LogP contribution is -2.36. The maximum Gasteiger partial charge on any atom is 0.239 e. The highest BCUT2D eigenvalue weighted by atomic mass is 32.1. The molecular formula is C13H19N3OS.